The number of benzene rings is 8. The maximum absolute atomic E-state index is 6.21. The van der Waals surface area contributed by atoms with E-state index in [0.717, 1.165) is 33.6 Å². The third-order valence-electron chi connectivity index (χ3n) is 9.45. The number of fused-ring (bicyclic) bond motifs is 9. The highest BCUT2D eigenvalue weighted by Gasteiger charge is 2.17. The fourth-order valence-electron chi connectivity index (χ4n) is 7.25. The predicted octanol–water partition coefficient (Wildman–Crippen LogP) is 13.4. The average Bonchev–Trinajstić information content (AvgIpc) is 3.70. The van der Waals surface area contributed by atoms with Crippen LogP contribution in [0.2, 0.25) is 0 Å². The van der Waals surface area contributed by atoms with Gasteiger partial charge in [-0.1, -0.05) is 109 Å². The van der Waals surface area contributed by atoms with Gasteiger partial charge >= 0.3 is 0 Å². The van der Waals surface area contributed by atoms with Crippen LogP contribution in [0.1, 0.15) is 0 Å². The summed E-state index contributed by atoms with van der Waals surface area (Å²) in [5.41, 5.74) is 7.65. The van der Waals surface area contributed by atoms with Crippen LogP contribution in [0.4, 0.5) is 17.1 Å². The fraction of sp³-hybridized carbons (Fsp3) is 0. The van der Waals surface area contributed by atoms with Gasteiger partial charge in [-0.05, 0) is 87.3 Å². The van der Waals surface area contributed by atoms with Crippen LogP contribution in [0, 0.1) is 0 Å². The van der Waals surface area contributed by atoms with Gasteiger partial charge in [-0.15, -0.1) is 11.3 Å². The maximum atomic E-state index is 6.21. The smallest absolute Gasteiger partial charge is 0.136 e. The first kappa shape index (κ1) is 26.3. The van der Waals surface area contributed by atoms with E-state index in [-0.39, 0.29) is 0 Å². The lowest BCUT2D eigenvalue weighted by Gasteiger charge is -2.26. The minimum absolute atomic E-state index is 0.919. The fourth-order valence-corrected chi connectivity index (χ4v) is 8.39. The zero-order chi connectivity index (χ0) is 30.9. The van der Waals surface area contributed by atoms with Crippen molar-refractivity contribution in [3.05, 3.63) is 164 Å². The van der Waals surface area contributed by atoms with Crippen molar-refractivity contribution in [1.29, 1.82) is 0 Å². The highest BCUT2D eigenvalue weighted by Crippen LogP contribution is 2.43. The quantitative estimate of drug-likeness (QED) is 0.195. The molecule has 0 aliphatic carbocycles. The van der Waals surface area contributed by atoms with E-state index in [1.165, 1.54) is 58.2 Å². The third kappa shape index (κ3) is 4.17. The van der Waals surface area contributed by atoms with Crippen LogP contribution in [0.5, 0.6) is 0 Å². The lowest BCUT2D eigenvalue weighted by Crippen LogP contribution is -2.09. The van der Waals surface area contributed by atoms with Gasteiger partial charge in [0, 0.05) is 48.0 Å². The van der Waals surface area contributed by atoms with Crippen LogP contribution < -0.4 is 4.90 Å². The summed E-state index contributed by atoms with van der Waals surface area (Å²) in [4.78, 5) is 2.38. The summed E-state index contributed by atoms with van der Waals surface area (Å²) >= 11 is 1.85. The SMILES string of the molecule is c1ccc2c(-c3ccc(N(c4ccc5c(ccc6oc7ccccc7c65)c4)c4ccc5c(c4)sc4ccccc45)cc3)cccc2c1. The topological polar surface area (TPSA) is 16.4 Å². The zero-order valence-corrected chi connectivity index (χ0v) is 26.2. The molecular formula is C44H27NOS. The maximum Gasteiger partial charge on any atom is 0.136 e. The van der Waals surface area contributed by atoms with Gasteiger partial charge in [-0.2, -0.15) is 0 Å². The zero-order valence-electron chi connectivity index (χ0n) is 25.4. The van der Waals surface area contributed by atoms with Crippen molar-refractivity contribution in [1.82, 2.24) is 0 Å². The molecular weight excluding hydrogens is 591 g/mol. The molecule has 0 radical (unpaired) electrons. The first-order valence-electron chi connectivity index (χ1n) is 15.9. The Morgan fingerprint density at radius 2 is 1.09 bits per heavy atom. The molecule has 0 atom stereocenters. The Hall–Kier alpha value is -5.90. The number of furan rings is 1. The molecule has 0 aliphatic rings. The molecule has 220 valence electrons. The van der Waals surface area contributed by atoms with Gasteiger partial charge in [0.2, 0.25) is 0 Å². The molecule has 0 spiro atoms. The van der Waals surface area contributed by atoms with E-state index < -0.39 is 0 Å². The monoisotopic (exact) mass is 617 g/mol. The second-order valence-corrected chi connectivity index (χ2v) is 13.2. The summed E-state index contributed by atoms with van der Waals surface area (Å²) in [6, 6.07) is 59.1. The second kappa shape index (κ2) is 10.3. The molecule has 0 saturated heterocycles. The van der Waals surface area contributed by atoms with E-state index in [9.17, 15) is 0 Å². The molecule has 3 heteroatoms. The van der Waals surface area contributed by atoms with Gasteiger partial charge in [0.05, 0.1) is 0 Å². The van der Waals surface area contributed by atoms with Gasteiger partial charge in [0.1, 0.15) is 11.2 Å². The second-order valence-electron chi connectivity index (χ2n) is 12.1. The van der Waals surface area contributed by atoms with Crippen molar-refractivity contribution in [3.8, 4) is 11.1 Å². The highest BCUT2D eigenvalue weighted by molar-refractivity contribution is 7.25. The first-order valence-corrected chi connectivity index (χ1v) is 16.7. The summed E-state index contributed by atoms with van der Waals surface area (Å²) in [5, 5.41) is 9.83. The van der Waals surface area contributed by atoms with E-state index in [1.54, 1.807) is 0 Å². The molecule has 2 aromatic heterocycles. The molecule has 0 saturated carbocycles. The van der Waals surface area contributed by atoms with Crippen molar-refractivity contribution in [2.75, 3.05) is 4.90 Å². The summed E-state index contributed by atoms with van der Waals surface area (Å²) in [5.74, 6) is 0. The molecule has 2 heterocycles. The van der Waals surface area contributed by atoms with Crippen molar-refractivity contribution in [2.24, 2.45) is 0 Å². The standard InChI is InChI=1S/C44H27NOS/c1-2-10-34-28(8-1)9-7-13-35(34)29-16-19-31(20-17-29)45(33-22-24-38-37-11-4-6-15-42(37)47-43(38)27-33)32-21-23-36-30(26-32)18-25-41-44(36)39-12-3-5-14-40(39)46-41/h1-27H. The molecule has 0 fully saturated rings. The van der Waals surface area contributed by atoms with Crippen molar-refractivity contribution in [3.63, 3.8) is 0 Å². The molecule has 47 heavy (non-hydrogen) atoms. The van der Waals surface area contributed by atoms with Gasteiger partial charge in [-0.3, -0.25) is 0 Å². The molecule has 0 aliphatic heterocycles. The molecule has 0 N–H and O–H groups in total. The van der Waals surface area contributed by atoms with E-state index in [2.05, 4.69) is 157 Å². The van der Waals surface area contributed by atoms with Crippen LogP contribution in [-0.4, -0.2) is 0 Å². The number of hydrogen-bond donors (Lipinski definition) is 0. The number of nitrogens with zero attached hydrogens (tertiary/aromatic N) is 1. The minimum Gasteiger partial charge on any atom is -0.456 e. The van der Waals surface area contributed by atoms with E-state index in [0.29, 0.717) is 0 Å². The molecule has 0 amide bonds. The Morgan fingerprint density at radius 3 is 1.98 bits per heavy atom. The van der Waals surface area contributed by atoms with E-state index in [1.807, 2.05) is 23.5 Å². The number of rotatable bonds is 4. The Labute approximate surface area is 275 Å². The normalized spacial score (nSPS) is 11.8. The summed E-state index contributed by atoms with van der Waals surface area (Å²) < 4.78 is 8.81. The number of thiophene rings is 1. The van der Waals surface area contributed by atoms with Gasteiger partial charge in [0.15, 0.2) is 0 Å². The van der Waals surface area contributed by atoms with E-state index in [4.69, 9.17) is 4.42 Å². The molecule has 0 bridgehead atoms. The molecule has 10 rings (SSSR count). The third-order valence-corrected chi connectivity index (χ3v) is 10.6. The lowest BCUT2D eigenvalue weighted by atomic mass is 9.98. The Morgan fingerprint density at radius 1 is 0.404 bits per heavy atom. The average molecular weight is 618 g/mol. The lowest BCUT2D eigenvalue weighted by molar-refractivity contribution is 0.669. The molecule has 2 nitrogen and oxygen atoms in total. The van der Waals surface area contributed by atoms with Crippen LogP contribution in [0.3, 0.4) is 0 Å². The first-order chi connectivity index (χ1) is 23.3. The summed E-state index contributed by atoms with van der Waals surface area (Å²) in [6.07, 6.45) is 0. The Kier molecular flexibility index (Phi) is 5.78. The van der Waals surface area contributed by atoms with Gasteiger partial charge < -0.3 is 9.32 Å². The van der Waals surface area contributed by atoms with Crippen LogP contribution in [0.15, 0.2) is 168 Å². The van der Waals surface area contributed by atoms with Gasteiger partial charge in [0.25, 0.3) is 0 Å². The molecule has 8 aromatic carbocycles. The van der Waals surface area contributed by atoms with E-state index >= 15 is 0 Å². The van der Waals surface area contributed by atoms with Crippen LogP contribution in [0.25, 0.3) is 74.8 Å². The predicted molar refractivity (Wildman–Crippen MR) is 202 cm³/mol. The number of para-hydroxylation sites is 1. The summed E-state index contributed by atoms with van der Waals surface area (Å²) in [7, 11) is 0. The van der Waals surface area contributed by atoms with Crippen LogP contribution >= 0.6 is 11.3 Å². The van der Waals surface area contributed by atoms with Crippen LogP contribution in [-0.2, 0) is 0 Å². The largest absolute Gasteiger partial charge is 0.456 e. The Balaban J connectivity index is 1.15. The summed E-state index contributed by atoms with van der Waals surface area (Å²) in [6.45, 7) is 0. The number of hydrogen-bond acceptors (Lipinski definition) is 3. The highest BCUT2D eigenvalue weighted by atomic mass is 32.1. The molecule has 10 aromatic rings. The van der Waals surface area contributed by atoms with Crippen molar-refractivity contribution < 1.29 is 4.42 Å². The number of anilines is 3. The Bertz CT molecular complexity index is 2800. The van der Waals surface area contributed by atoms with Crippen molar-refractivity contribution in [2.45, 2.75) is 0 Å². The van der Waals surface area contributed by atoms with Crippen molar-refractivity contribution >= 4 is 92.1 Å². The molecule has 0 unspecified atom stereocenters. The van der Waals surface area contributed by atoms with Gasteiger partial charge in [-0.25, -0.2) is 0 Å². The minimum atomic E-state index is 0.919.